The quantitative estimate of drug-likeness (QED) is 0.883. The fourth-order valence-corrected chi connectivity index (χ4v) is 3.02. The predicted molar refractivity (Wildman–Crippen MR) is 71.2 cm³/mol. The van der Waals surface area contributed by atoms with Gasteiger partial charge in [0.1, 0.15) is 27.5 Å². The number of pyridine rings is 1. The number of nitriles is 1. The van der Waals surface area contributed by atoms with Crippen LogP contribution in [0.2, 0.25) is 5.15 Å². The highest BCUT2D eigenvalue weighted by Crippen LogP contribution is 2.24. The Kier molecular flexibility index (Phi) is 3.88. The van der Waals surface area contributed by atoms with Crippen LogP contribution in [0.3, 0.4) is 0 Å². The van der Waals surface area contributed by atoms with Gasteiger partial charge in [0.15, 0.2) is 0 Å². The van der Waals surface area contributed by atoms with E-state index in [9.17, 15) is 12.8 Å². The normalized spacial score (nSPS) is 10.8. The number of hydrogen-bond donors (Lipinski definition) is 1. The number of aromatic nitrogens is 1. The molecule has 0 radical (unpaired) electrons. The Labute approximate surface area is 119 Å². The van der Waals surface area contributed by atoms with Gasteiger partial charge < -0.3 is 0 Å². The Morgan fingerprint density at radius 3 is 2.70 bits per heavy atom. The highest BCUT2D eigenvalue weighted by atomic mass is 35.5. The molecule has 0 saturated carbocycles. The summed E-state index contributed by atoms with van der Waals surface area (Å²) in [7, 11) is -4.06. The molecular formula is C12H7ClFN3O2S. The summed E-state index contributed by atoms with van der Waals surface area (Å²) in [4.78, 5) is 3.40. The zero-order valence-electron chi connectivity index (χ0n) is 9.84. The number of anilines is 1. The Morgan fingerprint density at radius 1 is 1.30 bits per heavy atom. The van der Waals surface area contributed by atoms with E-state index in [0.29, 0.717) is 0 Å². The maximum atomic E-state index is 13.4. The van der Waals surface area contributed by atoms with Gasteiger partial charge in [-0.05, 0) is 24.3 Å². The summed E-state index contributed by atoms with van der Waals surface area (Å²) < 4.78 is 39.8. The summed E-state index contributed by atoms with van der Waals surface area (Å²) >= 11 is 5.71. The molecule has 1 aromatic heterocycles. The molecule has 2 rings (SSSR count). The number of rotatable bonds is 3. The Morgan fingerprint density at radius 2 is 2.05 bits per heavy atom. The van der Waals surface area contributed by atoms with Gasteiger partial charge in [0.25, 0.3) is 10.0 Å². The molecule has 2 aromatic rings. The van der Waals surface area contributed by atoms with Crippen molar-refractivity contribution in [2.24, 2.45) is 0 Å². The van der Waals surface area contributed by atoms with Crippen molar-refractivity contribution in [3.63, 3.8) is 0 Å². The first kappa shape index (κ1) is 14.2. The molecule has 102 valence electrons. The number of benzene rings is 1. The van der Waals surface area contributed by atoms with Crippen molar-refractivity contribution in [3.8, 4) is 6.07 Å². The molecule has 0 fully saturated rings. The van der Waals surface area contributed by atoms with Crippen LogP contribution < -0.4 is 4.72 Å². The van der Waals surface area contributed by atoms with Crippen molar-refractivity contribution >= 4 is 27.3 Å². The molecule has 0 amide bonds. The molecule has 0 saturated heterocycles. The van der Waals surface area contributed by atoms with Crippen LogP contribution in [0.1, 0.15) is 5.56 Å². The lowest BCUT2D eigenvalue weighted by atomic mass is 10.2. The van der Waals surface area contributed by atoms with Gasteiger partial charge in [-0.25, -0.2) is 17.8 Å². The summed E-state index contributed by atoms with van der Waals surface area (Å²) in [5.41, 5.74) is -0.552. The number of nitrogens with one attached hydrogen (secondary N) is 1. The number of halogens is 2. The molecule has 0 aliphatic heterocycles. The summed E-state index contributed by atoms with van der Waals surface area (Å²) in [5.74, 6) is -0.815. The third kappa shape index (κ3) is 2.71. The average molecular weight is 312 g/mol. The van der Waals surface area contributed by atoms with Crippen molar-refractivity contribution in [2.45, 2.75) is 4.90 Å². The Hall–Kier alpha value is -2.17. The minimum atomic E-state index is -4.06. The third-order valence-corrected chi connectivity index (χ3v) is 4.19. The van der Waals surface area contributed by atoms with Gasteiger partial charge in [0.2, 0.25) is 0 Å². The molecule has 0 aliphatic rings. The van der Waals surface area contributed by atoms with Crippen LogP contribution in [0.4, 0.5) is 10.1 Å². The van der Waals surface area contributed by atoms with Gasteiger partial charge in [-0.1, -0.05) is 17.7 Å². The van der Waals surface area contributed by atoms with E-state index < -0.39 is 21.4 Å². The largest absolute Gasteiger partial charge is 0.278 e. The van der Waals surface area contributed by atoms with Gasteiger partial charge in [-0.2, -0.15) is 5.26 Å². The predicted octanol–water partition coefficient (Wildman–Crippen LogP) is 2.55. The van der Waals surface area contributed by atoms with Crippen LogP contribution in [0.5, 0.6) is 0 Å². The minimum Gasteiger partial charge on any atom is -0.278 e. The lowest BCUT2D eigenvalue weighted by Crippen LogP contribution is -2.15. The molecule has 1 N–H and O–H groups in total. The molecular weight excluding hydrogens is 305 g/mol. The second kappa shape index (κ2) is 5.45. The topological polar surface area (TPSA) is 82.9 Å². The monoisotopic (exact) mass is 311 g/mol. The second-order valence-corrected chi connectivity index (χ2v) is 5.68. The SMILES string of the molecule is N#Cc1c(F)cccc1NS(=O)(=O)c1cccnc1Cl. The number of hydrogen-bond acceptors (Lipinski definition) is 4. The van der Waals surface area contributed by atoms with Crippen molar-refractivity contribution in [2.75, 3.05) is 4.72 Å². The molecule has 1 heterocycles. The van der Waals surface area contributed by atoms with E-state index in [1.165, 1.54) is 30.5 Å². The molecule has 1 aromatic carbocycles. The zero-order valence-corrected chi connectivity index (χ0v) is 11.4. The zero-order chi connectivity index (χ0) is 14.8. The van der Waals surface area contributed by atoms with E-state index in [-0.39, 0.29) is 15.7 Å². The van der Waals surface area contributed by atoms with E-state index in [2.05, 4.69) is 9.71 Å². The Balaban J connectivity index is 2.48. The Bertz CT molecular complexity index is 803. The first-order chi connectivity index (χ1) is 9.45. The summed E-state index contributed by atoms with van der Waals surface area (Å²) in [6.07, 6.45) is 1.34. The van der Waals surface area contributed by atoms with Crippen LogP contribution in [0.25, 0.3) is 0 Å². The summed E-state index contributed by atoms with van der Waals surface area (Å²) in [5, 5.41) is 8.64. The molecule has 0 spiro atoms. The molecule has 20 heavy (non-hydrogen) atoms. The van der Waals surface area contributed by atoms with Crippen LogP contribution >= 0.6 is 11.6 Å². The van der Waals surface area contributed by atoms with Gasteiger partial charge in [0.05, 0.1) is 5.69 Å². The van der Waals surface area contributed by atoms with Crippen molar-refractivity contribution in [3.05, 3.63) is 53.1 Å². The minimum absolute atomic E-state index is 0.160. The van der Waals surface area contributed by atoms with E-state index in [4.69, 9.17) is 16.9 Å². The molecule has 5 nitrogen and oxygen atoms in total. The van der Waals surface area contributed by atoms with Crippen molar-refractivity contribution < 1.29 is 12.8 Å². The second-order valence-electron chi connectivity index (χ2n) is 3.67. The number of sulfonamides is 1. The van der Waals surface area contributed by atoms with E-state index >= 15 is 0 Å². The summed E-state index contributed by atoms with van der Waals surface area (Å²) in [6.45, 7) is 0. The molecule has 0 unspecified atom stereocenters. The van der Waals surface area contributed by atoms with Crippen LogP contribution in [0.15, 0.2) is 41.4 Å². The molecule has 8 heteroatoms. The van der Waals surface area contributed by atoms with Crippen LogP contribution in [-0.4, -0.2) is 13.4 Å². The van der Waals surface area contributed by atoms with Crippen molar-refractivity contribution in [1.82, 2.24) is 4.98 Å². The first-order valence-corrected chi connectivity index (χ1v) is 7.14. The van der Waals surface area contributed by atoms with E-state index in [1.54, 1.807) is 6.07 Å². The first-order valence-electron chi connectivity index (χ1n) is 5.27. The standard InChI is InChI=1S/C12H7ClFN3O2S/c13-12-11(5-2-6-16-12)20(18,19)17-10-4-1-3-9(14)8(10)7-15/h1-6,17H. The lowest BCUT2D eigenvalue weighted by molar-refractivity contribution is 0.600. The van der Waals surface area contributed by atoms with Crippen LogP contribution in [0, 0.1) is 17.1 Å². The molecule has 0 aliphatic carbocycles. The fraction of sp³-hybridized carbons (Fsp3) is 0. The van der Waals surface area contributed by atoms with Gasteiger partial charge in [-0.3, -0.25) is 4.72 Å². The third-order valence-electron chi connectivity index (χ3n) is 2.38. The lowest BCUT2D eigenvalue weighted by Gasteiger charge is -2.10. The number of nitrogens with zero attached hydrogens (tertiary/aromatic N) is 2. The highest BCUT2D eigenvalue weighted by molar-refractivity contribution is 7.92. The van der Waals surface area contributed by atoms with E-state index in [1.807, 2.05) is 0 Å². The maximum Gasteiger partial charge on any atom is 0.265 e. The highest BCUT2D eigenvalue weighted by Gasteiger charge is 2.20. The van der Waals surface area contributed by atoms with Gasteiger partial charge in [-0.15, -0.1) is 0 Å². The smallest absolute Gasteiger partial charge is 0.265 e. The average Bonchev–Trinajstić information content (AvgIpc) is 2.39. The van der Waals surface area contributed by atoms with Gasteiger partial charge >= 0.3 is 0 Å². The van der Waals surface area contributed by atoms with Gasteiger partial charge in [0, 0.05) is 6.20 Å². The molecule has 0 bridgehead atoms. The summed E-state index contributed by atoms with van der Waals surface area (Å²) in [6, 6.07) is 7.89. The fourth-order valence-electron chi connectivity index (χ4n) is 1.49. The maximum absolute atomic E-state index is 13.4. The molecule has 0 atom stereocenters. The van der Waals surface area contributed by atoms with Crippen LogP contribution in [-0.2, 0) is 10.0 Å². The van der Waals surface area contributed by atoms with E-state index in [0.717, 1.165) is 6.07 Å². The van der Waals surface area contributed by atoms with Crippen molar-refractivity contribution in [1.29, 1.82) is 5.26 Å².